The lowest BCUT2D eigenvalue weighted by atomic mass is 10.1. The first-order valence-electron chi connectivity index (χ1n) is 3.61. The second kappa shape index (κ2) is 3.75. The molecule has 0 saturated carbocycles. The molecule has 5 nitrogen and oxygen atoms in total. The van der Waals surface area contributed by atoms with Crippen LogP contribution in [0.2, 0.25) is 0 Å². The highest BCUT2D eigenvalue weighted by Crippen LogP contribution is 2.27. The van der Waals surface area contributed by atoms with Crippen LogP contribution in [-0.4, -0.2) is 16.0 Å². The lowest BCUT2D eigenvalue weighted by molar-refractivity contribution is -0.385. The summed E-state index contributed by atoms with van der Waals surface area (Å²) in [5.74, 6) is -1.30. The fourth-order valence-corrected chi connectivity index (χ4v) is 1.71. The maximum Gasteiger partial charge on any atom is 0.342 e. The first-order chi connectivity index (χ1) is 6.43. The van der Waals surface area contributed by atoms with E-state index in [9.17, 15) is 14.9 Å². The molecule has 6 heteroatoms. The molecule has 14 heavy (non-hydrogen) atoms. The molecular weight excluding hydrogens is 254 g/mol. The fourth-order valence-electron chi connectivity index (χ4n) is 1.14. The van der Waals surface area contributed by atoms with Crippen LogP contribution in [0.4, 0.5) is 5.69 Å². The van der Waals surface area contributed by atoms with Gasteiger partial charge in [-0.1, -0.05) is 15.9 Å². The van der Waals surface area contributed by atoms with Gasteiger partial charge < -0.3 is 5.11 Å². The van der Waals surface area contributed by atoms with Crippen LogP contribution < -0.4 is 0 Å². The van der Waals surface area contributed by atoms with Crippen LogP contribution in [0.3, 0.4) is 0 Å². The molecule has 1 rings (SSSR count). The number of carboxylic acid groups (broad SMARTS) is 1. The van der Waals surface area contributed by atoms with Crippen molar-refractivity contribution in [3.63, 3.8) is 0 Å². The number of carboxylic acids is 1. The van der Waals surface area contributed by atoms with Crippen LogP contribution in [0.5, 0.6) is 0 Å². The normalized spacial score (nSPS) is 9.86. The van der Waals surface area contributed by atoms with Crippen molar-refractivity contribution in [2.24, 2.45) is 0 Å². The van der Waals surface area contributed by atoms with E-state index in [0.717, 1.165) is 0 Å². The van der Waals surface area contributed by atoms with Crippen LogP contribution in [0.25, 0.3) is 0 Å². The number of nitrogens with zero attached hydrogens (tertiary/aromatic N) is 1. The van der Waals surface area contributed by atoms with Gasteiger partial charge in [0.2, 0.25) is 0 Å². The zero-order valence-corrected chi connectivity index (χ0v) is 8.74. The minimum absolute atomic E-state index is 0.304. The number of benzene rings is 1. The van der Waals surface area contributed by atoms with Crippen molar-refractivity contribution < 1.29 is 14.8 Å². The van der Waals surface area contributed by atoms with E-state index in [0.29, 0.717) is 10.0 Å². The Hall–Kier alpha value is -1.43. The van der Waals surface area contributed by atoms with Gasteiger partial charge >= 0.3 is 5.97 Å². The van der Waals surface area contributed by atoms with Gasteiger partial charge in [-0.3, -0.25) is 10.1 Å². The molecule has 0 aliphatic rings. The Balaban J connectivity index is 3.52. The number of halogens is 1. The van der Waals surface area contributed by atoms with Crippen molar-refractivity contribution in [2.45, 2.75) is 6.92 Å². The molecule has 0 saturated heterocycles. The number of nitro benzene ring substituents is 1. The Labute approximate surface area is 87.6 Å². The van der Waals surface area contributed by atoms with E-state index in [1.54, 1.807) is 0 Å². The predicted molar refractivity (Wildman–Crippen MR) is 52.5 cm³/mol. The molecule has 0 unspecified atom stereocenters. The summed E-state index contributed by atoms with van der Waals surface area (Å²) >= 11 is 3.08. The first kappa shape index (κ1) is 10.6. The van der Waals surface area contributed by atoms with Crippen LogP contribution >= 0.6 is 15.9 Å². The quantitative estimate of drug-likeness (QED) is 0.653. The molecule has 74 valence electrons. The average molecular weight is 260 g/mol. The molecule has 0 radical (unpaired) electrons. The van der Waals surface area contributed by atoms with Crippen molar-refractivity contribution in [2.75, 3.05) is 0 Å². The van der Waals surface area contributed by atoms with E-state index in [-0.39, 0.29) is 11.3 Å². The minimum Gasteiger partial charge on any atom is -0.477 e. The Kier molecular flexibility index (Phi) is 2.85. The lowest BCUT2D eigenvalue weighted by Crippen LogP contribution is -2.04. The topological polar surface area (TPSA) is 80.4 Å². The van der Waals surface area contributed by atoms with Gasteiger partial charge in [0.15, 0.2) is 0 Å². The van der Waals surface area contributed by atoms with Gasteiger partial charge in [-0.05, 0) is 19.1 Å². The molecule has 1 aromatic rings. The molecule has 0 bridgehead atoms. The number of aryl methyl sites for hydroxylation is 1. The number of hydrogen-bond donors (Lipinski definition) is 1. The van der Waals surface area contributed by atoms with E-state index in [2.05, 4.69) is 15.9 Å². The van der Waals surface area contributed by atoms with Crippen LogP contribution in [0.1, 0.15) is 15.9 Å². The summed E-state index contributed by atoms with van der Waals surface area (Å²) in [5, 5.41) is 19.3. The SMILES string of the molecule is Cc1cc(Br)cc(C(=O)O)c1[N+](=O)[O-]. The molecule has 1 N–H and O–H groups in total. The second-order valence-corrected chi connectivity index (χ2v) is 3.60. The highest BCUT2D eigenvalue weighted by Gasteiger charge is 2.22. The number of carbonyl (C=O) groups is 1. The van der Waals surface area contributed by atoms with Gasteiger partial charge in [-0.25, -0.2) is 4.79 Å². The zero-order valence-electron chi connectivity index (χ0n) is 7.15. The average Bonchev–Trinajstić information content (AvgIpc) is 2.01. The van der Waals surface area contributed by atoms with Gasteiger partial charge in [0.25, 0.3) is 5.69 Å². The molecule has 0 aliphatic heterocycles. The number of hydrogen-bond acceptors (Lipinski definition) is 3. The minimum atomic E-state index is -1.30. The molecule has 1 aromatic carbocycles. The van der Waals surface area contributed by atoms with Crippen molar-refractivity contribution in [1.82, 2.24) is 0 Å². The van der Waals surface area contributed by atoms with Crippen molar-refractivity contribution >= 4 is 27.6 Å². The maximum atomic E-state index is 10.7. The molecule has 0 atom stereocenters. The van der Waals surface area contributed by atoms with Gasteiger partial charge in [0.1, 0.15) is 5.56 Å². The smallest absolute Gasteiger partial charge is 0.342 e. The lowest BCUT2D eigenvalue weighted by Gasteiger charge is -2.02. The largest absolute Gasteiger partial charge is 0.477 e. The highest BCUT2D eigenvalue weighted by molar-refractivity contribution is 9.10. The van der Waals surface area contributed by atoms with Crippen LogP contribution in [0, 0.1) is 17.0 Å². The fraction of sp³-hybridized carbons (Fsp3) is 0.125. The molecule has 0 amide bonds. The summed E-state index contributed by atoms with van der Waals surface area (Å²) < 4.78 is 0.512. The summed E-state index contributed by atoms with van der Waals surface area (Å²) in [5.41, 5.74) is -0.343. The third kappa shape index (κ3) is 1.90. The number of aromatic carboxylic acids is 1. The van der Waals surface area contributed by atoms with E-state index in [4.69, 9.17) is 5.11 Å². The molecule has 0 spiro atoms. The van der Waals surface area contributed by atoms with Crippen LogP contribution in [-0.2, 0) is 0 Å². The van der Waals surface area contributed by atoms with Crippen LogP contribution in [0.15, 0.2) is 16.6 Å². The monoisotopic (exact) mass is 259 g/mol. The predicted octanol–water partition coefficient (Wildman–Crippen LogP) is 2.36. The zero-order chi connectivity index (χ0) is 10.9. The first-order valence-corrected chi connectivity index (χ1v) is 4.40. The summed E-state index contributed by atoms with van der Waals surface area (Å²) in [6.07, 6.45) is 0. The third-order valence-electron chi connectivity index (χ3n) is 1.68. The van der Waals surface area contributed by atoms with Gasteiger partial charge in [0.05, 0.1) is 4.92 Å². The Morgan fingerprint density at radius 1 is 1.57 bits per heavy atom. The molecule has 0 aromatic heterocycles. The second-order valence-electron chi connectivity index (χ2n) is 2.68. The van der Waals surface area contributed by atoms with E-state index >= 15 is 0 Å². The van der Waals surface area contributed by atoms with E-state index in [1.165, 1.54) is 19.1 Å². The summed E-state index contributed by atoms with van der Waals surface area (Å²) in [4.78, 5) is 20.6. The number of rotatable bonds is 2. The summed E-state index contributed by atoms with van der Waals surface area (Å²) in [6.45, 7) is 1.50. The van der Waals surface area contributed by atoms with Crippen molar-refractivity contribution in [3.05, 3.63) is 37.8 Å². The third-order valence-corrected chi connectivity index (χ3v) is 2.14. The van der Waals surface area contributed by atoms with E-state index < -0.39 is 10.9 Å². The van der Waals surface area contributed by atoms with Gasteiger partial charge in [-0.2, -0.15) is 0 Å². The Morgan fingerprint density at radius 3 is 2.57 bits per heavy atom. The van der Waals surface area contributed by atoms with Gasteiger partial charge in [-0.15, -0.1) is 0 Å². The Morgan fingerprint density at radius 2 is 2.14 bits per heavy atom. The molecule has 0 heterocycles. The van der Waals surface area contributed by atoms with Crippen molar-refractivity contribution in [3.8, 4) is 0 Å². The molecule has 0 aliphatic carbocycles. The molecular formula is C8H6BrNO4. The highest BCUT2D eigenvalue weighted by atomic mass is 79.9. The standard InChI is InChI=1S/C8H6BrNO4/c1-4-2-5(9)3-6(8(11)12)7(4)10(13)14/h2-3H,1H3,(H,11,12). The van der Waals surface area contributed by atoms with Crippen molar-refractivity contribution in [1.29, 1.82) is 0 Å². The van der Waals surface area contributed by atoms with E-state index in [1.807, 2.05) is 0 Å². The number of nitro groups is 1. The molecule has 0 fully saturated rings. The maximum absolute atomic E-state index is 10.7. The Bertz CT molecular complexity index is 416. The van der Waals surface area contributed by atoms with Gasteiger partial charge in [0, 0.05) is 10.0 Å². The summed E-state index contributed by atoms with van der Waals surface area (Å²) in [6, 6.07) is 2.72. The summed E-state index contributed by atoms with van der Waals surface area (Å²) in [7, 11) is 0.